The first-order valence-corrected chi connectivity index (χ1v) is 7.88. The van der Waals surface area contributed by atoms with Crippen molar-refractivity contribution < 1.29 is 14.3 Å². The van der Waals surface area contributed by atoms with Crippen LogP contribution in [-0.2, 0) is 11.3 Å². The van der Waals surface area contributed by atoms with Crippen LogP contribution in [0.15, 0.2) is 18.2 Å². The lowest BCUT2D eigenvalue weighted by Gasteiger charge is -2.18. The van der Waals surface area contributed by atoms with Crippen LogP contribution in [0.4, 0.5) is 0 Å². The Morgan fingerprint density at radius 2 is 1.91 bits per heavy atom. The van der Waals surface area contributed by atoms with Gasteiger partial charge in [-0.25, -0.2) is 0 Å². The van der Waals surface area contributed by atoms with Crippen LogP contribution < -0.4 is 20.1 Å². The molecule has 5 heteroatoms. The van der Waals surface area contributed by atoms with E-state index in [2.05, 4.69) is 10.6 Å². The van der Waals surface area contributed by atoms with Crippen LogP contribution in [0.25, 0.3) is 0 Å². The maximum absolute atomic E-state index is 12.1. The minimum Gasteiger partial charge on any atom is -0.493 e. The molecule has 0 saturated heterocycles. The van der Waals surface area contributed by atoms with Gasteiger partial charge in [0.2, 0.25) is 5.91 Å². The standard InChI is InChI=1S/C17H26N2O3/c1-12(17(20)19-14-6-4-5-7-14)18-11-13-8-9-15(21-2)16(10-13)22-3/h8-10,12,14,18H,4-7,11H2,1-3H3,(H,19,20). The Kier molecular flexibility index (Phi) is 6.07. The smallest absolute Gasteiger partial charge is 0.237 e. The molecule has 5 nitrogen and oxygen atoms in total. The number of ether oxygens (including phenoxy) is 2. The van der Waals surface area contributed by atoms with Gasteiger partial charge in [0.1, 0.15) is 0 Å². The molecule has 1 fully saturated rings. The third-order valence-corrected chi connectivity index (χ3v) is 4.16. The van der Waals surface area contributed by atoms with E-state index in [1.165, 1.54) is 12.8 Å². The lowest BCUT2D eigenvalue weighted by Crippen LogP contribution is -2.45. The summed E-state index contributed by atoms with van der Waals surface area (Å²) in [4.78, 5) is 12.1. The molecule has 1 unspecified atom stereocenters. The Morgan fingerprint density at radius 3 is 2.55 bits per heavy atom. The van der Waals surface area contributed by atoms with E-state index in [1.54, 1.807) is 14.2 Å². The Morgan fingerprint density at radius 1 is 1.23 bits per heavy atom. The summed E-state index contributed by atoms with van der Waals surface area (Å²) < 4.78 is 10.5. The first kappa shape index (κ1) is 16.6. The molecule has 0 bridgehead atoms. The molecule has 122 valence electrons. The lowest BCUT2D eigenvalue weighted by molar-refractivity contribution is -0.123. The predicted molar refractivity (Wildman–Crippen MR) is 86.2 cm³/mol. The largest absolute Gasteiger partial charge is 0.493 e. The van der Waals surface area contributed by atoms with E-state index in [-0.39, 0.29) is 11.9 Å². The van der Waals surface area contributed by atoms with Crippen molar-refractivity contribution in [2.24, 2.45) is 0 Å². The van der Waals surface area contributed by atoms with E-state index in [0.717, 1.165) is 18.4 Å². The van der Waals surface area contributed by atoms with Crippen molar-refractivity contribution in [2.75, 3.05) is 14.2 Å². The molecule has 2 N–H and O–H groups in total. The van der Waals surface area contributed by atoms with Crippen LogP contribution in [0.3, 0.4) is 0 Å². The zero-order chi connectivity index (χ0) is 15.9. The molecular formula is C17H26N2O3. The van der Waals surface area contributed by atoms with Gasteiger partial charge in [-0.05, 0) is 37.5 Å². The number of amides is 1. The highest BCUT2D eigenvalue weighted by Gasteiger charge is 2.20. The van der Waals surface area contributed by atoms with E-state index in [9.17, 15) is 4.79 Å². The fourth-order valence-corrected chi connectivity index (χ4v) is 2.75. The fourth-order valence-electron chi connectivity index (χ4n) is 2.75. The molecule has 1 aromatic carbocycles. The van der Waals surface area contributed by atoms with Crippen LogP contribution in [0, 0.1) is 0 Å². The maximum atomic E-state index is 12.1. The average molecular weight is 306 g/mol. The number of methoxy groups -OCH3 is 2. The summed E-state index contributed by atoms with van der Waals surface area (Å²) in [5.74, 6) is 1.48. The van der Waals surface area contributed by atoms with Crippen molar-refractivity contribution in [1.29, 1.82) is 0 Å². The molecule has 1 aliphatic carbocycles. The molecule has 0 spiro atoms. The SMILES string of the molecule is COc1ccc(CNC(C)C(=O)NC2CCCC2)cc1OC. The number of carbonyl (C=O) groups excluding carboxylic acids is 1. The summed E-state index contributed by atoms with van der Waals surface area (Å²) in [6.07, 6.45) is 4.65. The Balaban J connectivity index is 1.84. The van der Waals surface area contributed by atoms with Gasteiger partial charge in [0.25, 0.3) is 0 Å². The summed E-state index contributed by atoms with van der Waals surface area (Å²) in [7, 11) is 3.23. The van der Waals surface area contributed by atoms with Gasteiger partial charge in [-0.1, -0.05) is 18.9 Å². The summed E-state index contributed by atoms with van der Waals surface area (Å²) >= 11 is 0. The molecule has 1 atom stereocenters. The van der Waals surface area contributed by atoms with E-state index in [1.807, 2.05) is 25.1 Å². The third kappa shape index (κ3) is 4.37. The maximum Gasteiger partial charge on any atom is 0.237 e. The van der Waals surface area contributed by atoms with Gasteiger partial charge in [0.15, 0.2) is 11.5 Å². The minimum atomic E-state index is -0.214. The van der Waals surface area contributed by atoms with Gasteiger partial charge in [-0.2, -0.15) is 0 Å². The van der Waals surface area contributed by atoms with Gasteiger partial charge >= 0.3 is 0 Å². The van der Waals surface area contributed by atoms with Gasteiger partial charge in [0, 0.05) is 12.6 Å². The van der Waals surface area contributed by atoms with E-state index < -0.39 is 0 Å². The van der Waals surface area contributed by atoms with Crippen molar-refractivity contribution in [2.45, 2.75) is 51.2 Å². The van der Waals surface area contributed by atoms with Crippen molar-refractivity contribution in [3.05, 3.63) is 23.8 Å². The summed E-state index contributed by atoms with van der Waals surface area (Å²) in [5.41, 5.74) is 1.05. The Bertz CT molecular complexity index is 499. The predicted octanol–water partition coefficient (Wildman–Crippen LogP) is 2.24. The lowest BCUT2D eigenvalue weighted by atomic mass is 10.1. The molecular weight excluding hydrogens is 280 g/mol. The highest BCUT2D eigenvalue weighted by molar-refractivity contribution is 5.81. The van der Waals surface area contributed by atoms with Crippen LogP contribution in [0.5, 0.6) is 11.5 Å². The number of carbonyl (C=O) groups is 1. The minimum absolute atomic E-state index is 0.0763. The van der Waals surface area contributed by atoms with Crippen molar-refractivity contribution >= 4 is 5.91 Å². The number of rotatable bonds is 7. The molecule has 22 heavy (non-hydrogen) atoms. The first-order valence-electron chi connectivity index (χ1n) is 7.88. The van der Waals surface area contributed by atoms with Gasteiger partial charge < -0.3 is 20.1 Å². The van der Waals surface area contributed by atoms with E-state index >= 15 is 0 Å². The molecule has 0 aromatic heterocycles. The number of hydrogen-bond donors (Lipinski definition) is 2. The molecule has 1 saturated carbocycles. The van der Waals surface area contributed by atoms with Crippen molar-refractivity contribution in [3.63, 3.8) is 0 Å². The van der Waals surface area contributed by atoms with Crippen LogP contribution >= 0.6 is 0 Å². The topological polar surface area (TPSA) is 59.6 Å². The normalized spacial score (nSPS) is 16.3. The Hall–Kier alpha value is -1.75. The highest BCUT2D eigenvalue weighted by Crippen LogP contribution is 2.27. The van der Waals surface area contributed by atoms with Gasteiger partial charge in [-0.15, -0.1) is 0 Å². The van der Waals surface area contributed by atoms with Crippen molar-refractivity contribution in [3.8, 4) is 11.5 Å². The molecule has 1 aliphatic rings. The molecule has 2 rings (SSSR count). The molecule has 0 radical (unpaired) electrons. The molecule has 1 amide bonds. The second-order valence-corrected chi connectivity index (χ2v) is 5.78. The quantitative estimate of drug-likeness (QED) is 0.811. The number of nitrogens with one attached hydrogen (secondary N) is 2. The summed E-state index contributed by atoms with van der Waals surface area (Å²) in [6, 6.07) is 5.91. The summed E-state index contributed by atoms with van der Waals surface area (Å²) in [5, 5.41) is 6.36. The van der Waals surface area contributed by atoms with Crippen molar-refractivity contribution in [1.82, 2.24) is 10.6 Å². The van der Waals surface area contributed by atoms with Gasteiger partial charge in [-0.3, -0.25) is 4.79 Å². The van der Waals surface area contributed by atoms with Gasteiger partial charge in [0.05, 0.1) is 20.3 Å². The first-order chi connectivity index (χ1) is 10.6. The second kappa shape index (κ2) is 8.03. The molecule has 1 aromatic rings. The van der Waals surface area contributed by atoms with Crippen LogP contribution in [0.2, 0.25) is 0 Å². The fraction of sp³-hybridized carbons (Fsp3) is 0.588. The number of benzene rings is 1. The molecule has 0 aliphatic heterocycles. The van der Waals surface area contributed by atoms with E-state index in [0.29, 0.717) is 24.1 Å². The Labute approximate surface area is 132 Å². The highest BCUT2D eigenvalue weighted by atomic mass is 16.5. The number of hydrogen-bond acceptors (Lipinski definition) is 4. The van der Waals surface area contributed by atoms with Crippen LogP contribution in [-0.4, -0.2) is 32.2 Å². The second-order valence-electron chi connectivity index (χ2n) is 5.78. The monoisotopic (exact) mass is 306 g/mol. The zero-order valence-electron chi connectivity index (χ0n) is 13.6. The third-order valence-electron chi connectivity index (χ3n) is 4.16. The summed E-state index contributed by atoms with van der Waals surface area (Å²) in [6.45, 7) is 2.50. The average Bonchev–Trinajstić information content (AvgIpc) is 3.05. The van der Waals surface area contributed by atoms with E-state index in [4.69, 9.17) is 9.47 Å². The van der Waals surface area contributed by atoms with Crippen LogP contribution in [0.1, 0.15) is 38.2 Å². The molecule has 0 heterocycles. The zero-order valence-corrected chi connectivity index (χ0v) is 13.6.